The summed E-state index contributed by atoms with van der Waals surface area (Å²) in [6.07, 6.45) is 0. The number of hydrogen-bond acceptors (Lipinski definition) is 6. The van der Waals surface area contributed by atoms with Crippen molar-refractivity contribution in [1.82, 2.24) is 20.0 Å². The van der Waals surface area contributed by atoms with Gasteiger partial charge in [0.2, 0.25) is 5.91 Å². The summed E-state index contributed by atoms with van der Waals surface area (Å²) < 4.78 is 10.9. The number of hydrogen-bond donors (Lipinski definition) is 1. The van der Waals surface area contributed by atoms with Crippen LogP contribution >= 0.6 is 0 Å². The molecule has 9 heteroatoms. The van der Waals surface area contributed by atoms with E-state index in [-0.39, 0.29) is 30.5 Å². The standard InChI is InChI=1S/C25H36N4O5/c1-7-34-24(31)21-19(15-28-12-13-29(17(4)14-28)23(30)16(2)3)27(5)25(32)26-22(21)18-10-8-9-11-20(18)33-6/h8-11,16-17,22H,7,12-15H2,1-6H3,(H,26,32). The lowest BCUT2D eigenvalue weighted by atomic mass is 9.93. The van der Waals surface area contributed by atoms with Crippen LogP contribution in [-0.2, 0) is 14.3 Å². The van der Waals surface area contributed by atoms with Gasteiger partial charge in [-0.05, 0) is 19.9 Å². The summed E-state index contributed by atoms with van der Waals surface area (Å²) >= 11 is 0. The first kappa shape index (κ1) is 25.6. The number of ether oxygens (including phenoxy) is 2. The molecular weight excluding hydrogens is 436 g/mol. The summed E-state index contributed by atoms with van der Waals surface area (Å²) in [7, 11) is 3.22. The minimum atomic E-state index is -0.699. The molecule has 0 saturated carbocycles. The minimum absolute atomic E-state index is 0.0306. The molecule has 3 amide bonds. The third-order valence-corrected chi connectivity index (χ3v) is 6.38. The first-order valence-corrected chi connectivity index (χ1v) is 11.8. The Kier molecular flexibility index (Phi) is 8.19. The van der Waals surface area contributed by atoms with Crippen LogP contribution in [0.25, 0.3) is 0 Å². The predicted octanol–water partition coefficient (Wildman–Crippen LogP) is 2.40. The molecule has 0 spiro atoms. The number of para-hydroxylation sites is 1. The number of esters is 1. The van der Waals surface area contributed by atoms with Crippen molar-refractivity contribution in [3.05, 3.63) is 41.1 Å². The second-order valence-corrected chi connectivity index (χ2v) is 9.03. The fraction of sp³-hybridized carbons (Fsp3) is 0.560. The Balaban J connectivity index is 1.97. The molecule has 0 bridgehead atoms. The van der Waals surface area contributed by atoms with Crippen molar-refractivity contribution in [3.63, 3.8) is 0 Å². The van der Waals surface area contributed by atoms with E-state index in [0.29, 0.717) is 48.8 Å². The van der Waals surface area contributed by atoms with E-state index < -0.39 is 12.0 Å². The van der Waals surface area contributed by atoms with Gasteiger partial charge in [0, 0.05) is 56.4 Å². The quantitative estimate of drug-likeness (QED) is 0.613. The highest BCUT2D eigenvalue weighted by atomic mass is 16.5. The molecule has 1 aromatic carbocycles. The van der Waals surface area contributed by atoms with Crippen LogP contribution in [0, 0.1) is 5.92 Å². The SMILES string of the molecule is CCOC(=O)C1=C(CN2CCN(C(=O)C(C)C)C(C)C2)N(C)C(=O)NC1c1ccccc1OC. The molecule has 9 nitrogen and oxygen atoms in total. The van der Waals surface area contributed by atoms with Gasteiger partial charge in [-0.15, -0.1) is 0 Å². The largest absolute Gasteiger partial charge is 0.496 e. The highest BCUT2D eigenvalue weighted by Crippen LogP contribution is 2.36. The molecule has 0 aromatic heterocycles. The maximum atomic E-state index is 13.2. The summed E-state index contributed by atoms with van der Waals surface area (Å²) in [5.74, 6) is 0.195. The Labute approximate surface area is 201 Å². The average molecular weight is 473 g/mol. The van der Waals surface area contributed by atoms with Gasteiger partial charge in [-0.1, -0.05) is 32.0 Å². The van der Waals surface area contributed by atoms with Gasteiger partial charge < -0.3 is 19.7 Å². The summed E-state index contributed by atoms with van der Waals surface area (Å²) in [6, 6.07) is 6.35. The van der Waals surface area contributed by atoms with Crippen molar-refractivity contribution in [2.45, 2.75) is 39.8 Å². The maximum absolute atomic E-state index is 13.2. The number of piperazine rings is 1. The predicted molar refractivity (Wildman–Crippen MR) is 128 cm³/mol. The number of nitrogens with zero attached hydrogens (tertiary/aromatic N) is 3. The molecule has 0 radical (unpaired) electrons. The normalized spacial score (nSPS) is 21.6. The number of rotatable bonds is 7. The van der Waals surface area contributed by atoms with E-state index in [1.165, 1.54) is 4.90 Å². The number of amides is 3. The Bertz CT molecular complexity index is 960. The second-order valence-electron chi connectivity index (χ2n) is 9.03. The molecule has 1 fully saturated rings. The highest BCUT2D eigenvalue weighted by molar-refractivity contribution is 5.95. The van der Waals surface area contributed by atoms with Gasteiger partial charge in [-0.3, -0.25) is 14.6 Å². The number of carbonyl (C=O) groups is 3. The zero-order chi connectivity index (χ0) is 25.0. The Hall–Kier alpha value is -3.07. The first-order valence-electron chi connectivity index (χ1n) is 11.8. The number of nitrogens with one attached hydrogen (secondary N) is 1. The molecule has 3 rings (SSSR count). The van der Waals surface area contributed by atoms with Gasteiger partial charge >= 0.3 is 12.0 Å². The van der Waals surface area contributed by atoms with E-state index in [0.717, 1.165) is 0 Å². The molecule has 2 heterocycles. The maximum Gasteiger partial charge on any atom is 0.338 e. The smallest absolute Gasteiger partial charge is 0.338 e. The van der Waals surface area contributed by atoms with E-state index in [2.05, 4.69) is 10.2 Å². The Morgan fingerprint density at radius 3 is 2.53 bits per heavy atom. The fourth-order valence-corrected chi connectivity index (χ4v) is 4.58. The topological polar surface area (TPSA) is 91.4 Å². The first-order chi connectivity index (χ1) is 16.2. The van der Waals surface area contributed by atoms with Crippen molar-refractivity contribution in [3.8, 4) is 5.75 Å². The average Bonchev–Trinajstić information content (AvgIpc) is 2.81. The zero-order valence-electron chi connectivity index (χ0n) is 21.0. The number of benzene rings is 1. The molecule has 2 aliphatic rings. The van der Waals surface area contributed by atoms with Crippen LogP contribution in [0.1, 0.15) is 39.3 Å². The lowest BCUT2D eigenvalue weighted by Crippen LogP contribution is -2.56. The second kappa shape index (κ2) is 10.9. The van der Waals surface area contributed by atoms with E-state index in [1.807, 2.05) is 43.9 Å². The summed E-state index contributed by atoms with van der Waals surface area (Å²) in [5, 5.41) is 2.93. The fourth-order valence-electron chi connectivity index (χ4n) is 4.58. The van der Waals surface area contributed by atoms with Crippen molar-refractivity contribution in [1.29, 1.82) is 0 Å². The molecule has 0 aliphatic carbocycles. The molecule has 1 saturated heterocycles. The number of methoxy groups -OCH3 is 1. The lowest BCUT2D eigenvalue weighted by Gasteiger charge is -2.43. The van der Waals surface area contributed by atoms with Crippen LogP contribution in [0.15, 0.2) is 35.5 Å². The van der Waals surface area contributed by atoms with Crippen LogP contribution in [0.5, 0.6) is 5.75 Å². The third-order valence-electron chi connectivity index (χ3n) is 6.38. The van der Waals surface area contributed by atoms with Gasteiger partial charge in [0.15, 0.2) is 0 Å². The van der Waals surface area contributed by atoms with Gasteiger partial charge in [-0.25, -0.2) is 9.59 Å². The van der Waals surface area contributed by atoms with Crippen LogP contribution in [0.4, 0.5) is 4.79 Å². The van der Waals surface area contributed by atoms with Gasteiger partial charge in [0.1, 0.15) is 5.75 Å². The highest BCUT2D eigenvalue weighted by Gasteiger charge is 2.39. The minimum Gasteiger partial charge on any atom is -0.496 e. The molecule has 2 unspecified atom stereocenters. The lowest BCUT2D eigenvalue weighted by molar-refractivity contribution is -0.139. The van der Waals surface area contributed by atoms with Crippen molar-refractivity contribution in [2.24, 2.45) is 5.92 Å². The number of carbonyl (C=O) groups excluding carboxylic acids is 3. The van der Waals surface area contributed by atoms with Crippen LogP contribution < -0.4 is 10.1 Å². The number of likely N-dealkylation sites (N-methyl/N-ethyl adjacent to an activating group) is 1. The van der Waals surface area contributed by atoms with E-state index in [4.69, 9.17) is 9.47 Å². The zero-order valence-corrected chi connectivity index (χ0v) is 21.0. The molecular formula is C25H36N4O5. The summed E-state index contributed by atoms with van der Waals surface area (Å²) in [6.45, 7) is 10.1. The molecule has 186 valence electrons. The van der Waals surface area contributed by atoms with Crippen LogP contribution in [-0.4, -0.2) is 85.6 Å². The van der Waals surface area contributed by atoms with Crippen molar-refractivity contribution >= 4 is 17.9 Å². The Morgan fingerprint density at radius 1 is 1.21 bits per heavy atom. The molecule has 2 atom stereocenters. The third kappa shape index (κ3) is 5.19. The van der Waals surface area contributed by atoms with Crippen LogP contribution in [0.2, 0.25) is 0 Å². The van der Waals surface area contributed by atoms with Crippen molar-refractivity contribution < 1.29 is 23.9 Å². The van der Waals surface area contributed by atoms with Gasteiger partial charge in [0.25, 0.3) is 0 Å². The molecule has 1 aromatic rings. The molecule has 34 heavy (non-hydrogen) atoms. The number of urea groups is 1. The molecule has 2 aliphatic heterocycles. The summed E-state index contributed by atoms with van der Waals surface area (Å²) in [4.78, 5) is 44.3. The Morgan fingerprint density at radius 2 is 1.91 bits per heavy atom. The van der Waals surface area contributed by atoms with Gasteiger partial charge in [0.05, 0.1) is 25.3 Å². The van der Waals surface area contributed by atoms with Crippen LogP contribution in [0.3, 0.4) is 0 Å². The molecule has 1 N–H and O–H groups in total. The van der Waals surface area contributed by atoms with E-state index >= 15 is 0 Å². The van der Waals surface area contributed by atoms with Gasteiger partial charge in [-0.2, -0.15) is 0 Å². The summed E-state index contributed by atoms with van der Waals surface area (Å²) in [5.41, 5.74) is 1.67. The van der Waals surface area contributed by atoms with E-state index in [9.17, 15) is 14.4 Å². The van der Waals surface area contributed by atoms with E-state index in [1.54, 1.807) is 27.1 Å². The monoisotopic (exact) mass is 472 g/mol. The van der Waals surface area contributed by atoms with Crippen molar-refractivity contribution in [2.75, 3.05) is 46.9 Å².